The van der Waals surface area contributed by atoms with E-state index in [2.05, 4.69) is 4.98 Å². The molecule has 2 nitrogen and oxygen atoms in total. The lowest BCUT2D eigenvalue weighted by Gasteiger charge is -2.25. The van der Waals surface area contributed by atoms with Gasteiger partial charge in [-0.3, -0.25) is 0 Å². The Bertz CT molecular complexity index is 640. The summed E-state index contributed by atoms with van der Waals surface area (Å²) < 4.78 is 39.0. The van der Waals surface area contributed by atoms with Gasteiger partial charge < -0.3 is 5.73 Å². The Morgan fingerprint density at radius 1 is 1.10 bits per heavy atom. The van der Waals surface area contributed by atoms with E-state index in [9.17, 15) is 13.2 Å². The monoisotopic (exact) mass is 314 g/mol. The molecule has 6 heteroatoms. The molecule has 2 aromatic rings. The predicted molar refractivity (Wildman–Crippen MR) is 78.2 cm³/mol. The van der Waals surface area contributed by atoms with E-state index in [1.165, 1.54) is 30.2 Å². The molecule has 0 saturated heterocycles. The standard InChI is InChI=1S/C15H17F3N2S/c16-15(17,18)10-5-6-12-11(9-10)20-13(21-12)14(19)7-3-1-2-4-8-14/h5-6,9H,1-4,7-8,19H2. The molecule has 0 atom stereocenters. The minimum Gasteiger partial charge on any atom is -0.319 e. The zero-order valence-corrected chi connectivity index (χ0v) is 12.4. The van der Waals surface area contributed by atoms with E-state index in [0.29, 0.717) is 5.52 Å². The minimum atomic E-state index is -4.33. The van der Waals surface area contributed by atoms with E-state index >= 15 is 0 Å². The van der Waals surface area contributed by atoms with Crippen LogP contribution in [0.2, 0.25) is 0 Å². The van der Waals surface area contributed by atoms with Crippen molar-refractivity contribution in [2.24, 2.45) is 5.73 Å². The summed E-state index contributed by atoms with van der Waals surface area (Å²) >= 11 is 1.43. The number of benzene rings is 1. The maximum absolute atomic E-state index is 12.8. The fraction of sp³-hybridized carbons (Fsp3) is 0.533. The average molecular weight is 314 g/mol. The second kappa shape index (κ2) is 5.25. The number of thiazole rings is 1. The van der Waals surface area contributed by atoms with Crippen LogP contribution in [0.3, 0.4) is 0 Å². The summed E-state index contributed by atoms with van der Waals surface area (Å²) in [4.78, 5) is 4.42. The summed E-state index contributed by atoms with van der Waals surface area (Å²) in [5.41, 5.74) is 5.77. The number of alkyl halides is 3. The Labute approximate surface area is 125 Å². The molecule has 1 aliphatic carbocycles. The third-order valence-electron chi connectivity index (χ3n) is 4.14. The highest BCUT2D eigenvalue weighted by Crippen LogP contribution is 2.39. The molecule has 0 unspecified atom stereocenters. The summed E-state index contributed by atoms with van der Waals surface area (Å²) in [5.74, 6) is 0. The van der Waals surface area contributed by atoms with Crippen LogP contribution in [0.5, 0.6) is 0 Å². The molecule has 1 aliphatic rings. The molecule has 3 rings (SSSR count). The van der Waals surface area contributed by atoms with Gasteiger partial charge in [0.25, 0.3) is 0 Å². The highest BCUT2D eigenvalue weighted by Gasteiger charge is 2.33. The third-order valence-corrected chi connectivity index (χ3v) is 5.39. The van der Waals surface area contributed by atoms with E-state index in [0.717, 1.165) is 47.5 Å². The van der Waals surface area contributed by atoms with E-state index in [1.807, 2.05) is 0 Å². The van der Waals surface area contributed by atoms with Gasteiger partial charge in [-0.05, 0) is 31.0 Å². The molecule has 114 valence electrons. The zero-order chi connectivity index (χ0) is 15.1. The van der Waals surface area contributed by atoms with Gasteiger partial charge in [0.2, 0.25) is 0 Å². The smallest absolute Gasteiger partial charge is 0.319 e. The third kappa shape index (κ3) is 2.92. The summed E-state index contributed by atoms with van der Waals surface area (Å²) in [6.07, 6.45) is 1.84. The van der Waals surface area contributed by atoms with E-state index in [4.69, 9.17) is 5.73 Å². The first kappa shape index (κ1) is 14.8. The zero-order valence-electron chi connectivity index (χ0n) is 11.5. The number of nitrogens with two attached hydrogens (primary N) is 1. The van der Waals surface area contributed by atoms with Crippen molar-refractivity contribution in [3.8, 4) is 0 Å². The molecule has 0 radical (unpaired) electrons. The van der Waals surface area contributed by atoms with Crippen LogP contribution < -0.4 is 5.73 Å². The van der Waals surface area contributed by atoms with Crippen LogP contribution in [0.25, 0.3) is 10.2 Å². The van der Waals surface area contributed by atoms with Crippen LogP contribution in [0.4, 0.5) is 13.2 Å². The topological polar surface area (TPSA) is 38.9 Å². The molecule has 21 heavy (non-hydrogen) atoms. The average Bonchev–Trinajstić information content (AvgIpc) is 2.73. The van der Waals surface area contributed by atoms with E-state index in [1.54, 1.807) is 0 Å². The van der Waals surface area contributed by atoms with Gasteiger partial charge in [-0.15, -0.1) is 11.3 Å². The number of aromatic nitrogens is 1. The highest BCUT2D eigenvalue weighted by molar-refractivity contribution is 7.18. The second-order valence-corrected chi connectivity index (χ2v) is 6.80. The Balaban J connectivity index is 2.00. The van der Waals surface area contributed by atoms with Crippen molar-refractivity contribution in [1.82, 2.24) is 4.98 Å². The Morgan fingerprint density at radius 3 is 2.38 bits per heavy atom. The lowest BCUT2D eigenvalue weighted by Crippen LogP contribution is -2.35. The SMILES string of the molecule is NC1(c2nc3cc(C(F)(F)F)ccc3s2)CCCCCC1. The van der Waals surface area contributed by atoms with Crippen molar-refractivity contribution in [3.63, 3.8) is 0 Å². The number of nitrogens with zero attached hydrogens (tertiary/aromatic N) is 1. The van der Waals surface area contributed by atoms with Crippen molar-refractivity contribution in [1.29, 1.82) is 0 Å². The molecule has 1 fully saturated rings. The van der Waals surface area contributed by atoms with Crippen molar-refractivity contribution in [3.05, 3.63) is 28.8 Å². The Kier molecular flexibility index (Phi) is 3.69. The maximum Gasteiger partial charge on any atom is 0.416 e. The van der Waals surface area contributed by atoms with E-state index in [-0.39, 0.29) is 0 Å². The number of hydrogen-bond acceptors (Lipinski definition) is 3. The number of fused-ring (bicyclic) bond motifs is 1. The van der Waals surface area contributed by atoms with Gasteiger partial charge in [-0.1, -0.05) is 25.7 Å². The van der Waals surface area contributed by atoms with Crippen LogP contribution in [0.15, 0.2) is 18.2 Å². The largest absolute Gasteiger partial charge is 0.416 e. The molecule has 0 bridgehead atoms. The van der Waals surface area contributed by atoms with Gasteiger partial charge in [-0.2, -0.15) is 13.2 Å². The molecule has 2 N–H and O–H groups in total. The molecular formula is C15H17F3N2S. The summed E-state index contributed by atoms with van der Waals surface area (Å²) in [7, 11) is 0. The van der Waals surface area contributed by atoms with E-state index < -0.39 is 17.3 Å². The Morgan fingerprint density at radius 2 is 1.76 bits per heavy atom. The highest BCUT2D eigenvalue weighted by atomic mass is 32.1. The molecule has 0 amide bonds. The molecular weight excluding hydrogens is 297 g/mol. The van der Waals surface area contributed by atoms with Crippen LogP contribution in [0, 0.1) is 0 Å². The fourth-order valence-electron chi connectivity index (χ4n) is 2.89. The first-order valence-corrected chi connectivity index (χ1v) is 7.97. The fourth-order valence-corrected chi connectivity index (χ4v) is 3.99. The summed E-state index contributed by atoms with van der Waals surface area (Å²) in [5, 5.41) is 0.777. The van der Waals surface area contributed by atoms with Crippen molar-refractivity contribution in [2.75, 3.05) is 0 Å². The van der Waals surface area contributed by atoms with Crippen LogP contribution in [-0.4, -0.2) is 4.98 Å². The van der Waals surface area contributed by atoms with Gasteiger partial charge >= 0.3 is 6.18 Å². The molecule has 1 aromatic heterocycles. The van der Waals surface area contributed by atoms with Crippen molar-refractivity contribution in [2.45, 2.75) is 50.2 Å². The van der Waals surface area contributed by atoms with Gasteiger partial charge in [0.05, 0.1) is 21.3 Å². The molecule has 1 aromatic carbocycles. The predicted octanol–water partition coefficient (Wildman–Crippen LogP) is 4.82. The first-order valence-electron chi connectivity index (χ1n) is 7.16. The maximum atomic E-state index is 12.8. The molecule has 1 heterocycles. The molecule has 1 saturated carbocycles. The quantitative estimate of drug-likeness (QED) is 0.766. The Hall–Kier alpha value is -1.14. The van der Waals surface area contributed by atoms with Crippen molar-refractivity contribution < 1.29 is 13.2 Å². The molecule has 0 spiro atoms. The normalized spacial score (nSPS) is 19.6. The van der Waals surface area contributed by atoms with Crippen LogP contribution >= 0.6 is 11.3 Å². The summed E-state index contributed by atoms with van der Waals surface area (Å²) in [6.45, 7) is 0. The minimum absolute atomic E-state index is 0.402. The first-order chi connectivity index (χ1) is 9.88. The van der Waals surface area contributed by atoms with Crippen molar-refractivity contribution >= 4 is 21.6 Å². The van der Waals surface area contributed by atoms with Crippen LogP contribution in [0.1, 0.15) is 49.1 Å². The van der Waals surface area contributed by atoms with Crippen LogP contribution in [-0.2, 0) is 11.7 Å². The number of hydrogen-bond donors (Lipinski definition) is 1. The number of rotatable bonds is 1. The lowest BCUT2D eigenvalue weighted by molar-refractivity contribution is -0.137. The van der Waals surface area contributed by atoms with Gasteiger partial charge in [0, 0.05) is 0 Å². The molecule has 0 aliphatic heterocycles. The summed E-state index contributed by atoms with van der Waals surface area (Å²) in [6, 6.07) is 3.73. The van der Waals surface area contributed by atoms with Gasteiger partial charge in [-0.25, -0.2) is 4.98 Å². The number of halogens is 3. The van der Waals surface area contributed by atoms with Gasteiger partial charge in [0.15, 0.2) is 0 Å². The second-order valence-electron chi connectivity index (χ2n) is 5.77. The lowest BCUT2D eigenvalue weighted by atomic mass is 9.92. The van der Waals surface area contributed by atoms with Gasteiger partial charge in [0.1, 0.15) is 5.01 Å².